The predicted molar refractivity (Wildman–Crippen MR) is 137 cm³/mol. The number of hydrogen-bond donors (Lipinski definition) is 1. The summed E-state index contributed by atoms with van der Waals surface area (Å²) in [5.41, 5.74) is 2.14. The first-order valence-corrected chi connectivity index (χ1v) is 11.5. The Labute approximate surface area is 205 Å². The number of hydrogen-bond acceptors (Lipinski definition) is 4. The van der Waals surface area contributed by atoms with Crippen LogP contribution in [0.3, 0.4) is 0 Å². The van der Waals surface area contributed by atoms with E-state index in [1.165, 1.54) is 4.57 Å². The van der Waals surface area contributed by atoms with Crippen molar-refractivity contribution < 1.29 is 9.21 Å². The van der Waals surface area contributed by atoms with Crippen LogP contribution in [-0.4, -0.2) is 15.0 Å². The van der Waals surface area contributed by atoms with E-state index in [9.17, 15) is 14.4 Å². The fraction of sp³-hybridized carbons (Fsp3) is 0.148. The van der Waals surface area contributed by atoms with Crippen molar-refractivity contribution in [1.82, 2.24) is 9.13 Å². The van der Waals surface area contributed by atoms with Gasteiger partial charge >= 0.3 is 5.69 Å². The summed E-state index contributed by atoms with van der Waals surface area (Å²) in [6, 6.07) is 21.9. The topological polar surface area (TPSA) is 86.2 Å². The smallest absolute Gasteiger partial charge is 0.332 e. The molecule has 0 atom stereocenters. The van der Waals surface area contributed by atoms with Gasteiger partial charge in [0, 0.05) is 22.6 Å². The predicted octanol–water partition coefficient (Wildman–Crippen LogP) is 4.75. The van der Waals surface area contributed by atoms with Crippen LogP contribution < -0.4 is 16.6 Å². The van der Waals surface area contributed by atoms with Gasteiger partial charge in [0.2, 0.25) is 11.5 Å². The highest BCUT2D eigenvalue weighted by atomic mass is 35.5. The molecule has 7 nitrogen and oxygen atoms in total. The van der Waals surface area contributed by atoms with Crippen LogP contribution in [-0.2, 0) is 24.3 Å². The zero-order valence-corrected chi connectivity index (χ0v) is 19.7. The van der Waals surface area contributed by atoms with Crippen molar-refractivity contribution in [2.45, 2.75) is 26.4 Å². The fourth-order valence-corrected chi connectivity index (χ4v) is 4.32. The number of aromatic nitrogens is 2. The number of halogens is 1. The number of para-hydroxylation sites is 1. The normalized spacial score (nSPS) is 11.3. The van der Waals surface area contributed by atoms with Crippen molar-refractivity contribution in [1.29, 1.82) is 0 Å². The van der Waals surface area contributed by atoms with Crippen LogP contribution in [0.25, 0.3) is 22.1 Å². The lowest BCUT2D eigenvalue weighted by Crippen LogP contribution is -2.41. The van der Waals surface area contributed by atoms with E-state index < -0.39 is 17.2 Å². The van der Waals surface area contributed by atoms with E-state index >= 15 is 0 Å². The largest absolute Gasteiger partial charge is 0.449 e. The van der Waals surface area contributed by atoms with Gasteiger partial charge in [-0.15, -0.1) is 0 Å². The molecule has 0 saturated carbocycles. The number of carbonyl (C=O) groups excluding carboxylic acids is 1. The molecule has 1 N–H and O–H groups in total. The van der Waals surface area contributed by atoms with Crippen LogP contribution >= 0.6 is 11.6 Å². The maximum atomic E-state index is 13.5. The highest BCUT2D eigenvalue weighted by Crippen LogP contribution is 2.26. The Hall–Kier alpha value is -4.10. The van der Waals surface area contributed by atoms with Crippen molar-refractivity contribution in [3.05, 3.63) is 110 Å². The molecule has 1 amide bonds. The Balaban J connectivity index is 1.58. The minimum atomic E-state index is -0.568. The van der Waals surface area contributed by atoms with Crippen LogP contribution in [0.2, 0.25) is 5.02 Å². The first kappa shape index (κ1) is 22.7. The maximum Gasteiger partial charge on any atom is 0.332 e. The number of rotatable bonds is 6. The highest BCUT2D eigenvalue weighted by molar-refractivity contribution is 6.31. The van der Waals surface area contributed by atoms with Crippen molar-refractivity contribution in [2.75, 3.05) is 5.32 Å². The van der Waals surface area contributed by atoms with Gasteiger partial charge in [0.15, 0.2) is 0 Å². The molecule has 5 aromatic rings. The minimum Gasteiger partial charge on any atom is -0.449 e. The Morgan fingerprint density at radius 2 is 1.71 bits per heavy atom. The van der Waals surface area contributed by atoms with E-state index in [0.29, 0.717) is 33.6 Å². The van der Waals surface area contributed by atoms with E-state index in [2.05, 4.69) is 5.32 Å². The van der Waals surface area contributed by atoms with Gasteiger partial charge < -0.3 is 9.73 Å². The van der Waals surface area contributed by atoms with Gasteiger partial charge in [-0.2, -0.15) is 0 Å². The second kappa shape index (κ2) is 9.27. The first-order valence-electron chi connectivity index (χ1n) is 11.2. The van der Waals surface area contributed by atoms with Crippen molar-refractivity contribution in [3.8, 4) is 0 Å². The Morgan fingerprint density at radius 1 is 0.971 bits per heavy atom. The number of nitrogens with zero attached hydrogens (tertiary/aromatic N) is 2. The molecule has 35 heavy (non-hydrogen) atoms. The molecule has 5 rings (SSSR count). The summed E-state index contributed by atoms with van der Waals surface area (Å²) >= 11 is 6.18. The van der Waals surface area contributed by atoms with E-state index in [1.807, 2.05) is 37.3 Å². The van der Waals surface area contributed by atoms with Gasteiger partial charge in [0.05, 0.1) is 0 Å². The third-order valence-electron chi connectivity index (χ3n) is 5.96. The molecular weight excluding hydrogens is 466 g/mol. The second-order valence-electron chi connectivity index (χ2n) is 8.35. The molecule has 0 aliphatic rings. The molecule has 0 radical (unpaired) electrons. The lowest BCUT2D eigenvalue weighted by Gasteiger charge is -2.13. The minimum absolute atomic E-state index is 0.0463. The molecule has 0 aliphatic carbocycles. The molecule has 0 bridgehead atoms. The van der Waals surface area contributed by atoms with Crippen LogP contribution in [0, 0.1) is 6.92 Å². The Kier molecular flexibility index (Phi) is 6.01. The number of carbonyl (C=O) groups is 1. The molecular formula is C27H22ClN3O4. The Morgan fingerprint density at radius 3 is 2.49 bits per heavy atom. The third kappa shape index (κ3) is 4.38. The van der Waals surface area contributed by atoms with Crippen LogP contribution in [0.4, 0.5) is 5.69 Å². The zero-order valence-electron chi connectivity index (χ0n) is 19.0. The average Bonchev–Trinajstić information content (AvgIpc) is 3.24. The number of amides is 1. The summed E-state index contributed by atoms with van der Waals surface area (Å²) in [5, 5.41) is 3.90. The molecule has 8 heteroatoms. The summed E-state index contributed by atoms with van der Waals surface area (Å²) in [6.07, 6.45) is 0.482. The number of anilines is 1. The lowest BCUT2D eigenvalue weighted by molar-refractivity contribution is -0.116. The molecule has 3 aromatic carbocycles. The van der Waals surface area contributed by atoms with Crippen molar-refractivity contribution >= 4 is 45.3 Å². The van der Waals surface area contributed by atoms with E-state index in [1.54, 1.807) is 42.5 Å². The van der Waals surface area contributed by atoms with E-state index in [4.69, 9.17) is 16.0 Å². The van der Waals surface area contributed by atoms with Crippen molar-refractivity contribution in [3.63, 3.8) is 0 Å². The summed E-state index contributed by atoms with van der Waals surface area (Å²) < 4.78 is 8.30. The summed E-state index contributed by atoms with van der Waals surface area (Å²) in [6.45, 7) is 1.73. The van der Waals surface area contributed by atoms with Crippen molar-refractivity contribution in [2.24, 2.45) is 0 Å². The summed E-state index contributed by atoms with van der Waals surface area (Å²) in [5.74, 6) is -0.424. The molecule has 0 fully saturated rings. The summed E-state index contributed by atoms with van der Waals surface area (Å²) in [7, 11) is 0. The van der Waals surface area contributed by atoms with E-state index in [-0.39, 0.29) is 18.7 Å². The molecule has 0 spiro atoms. The second-order valence-corrected chi connectivity index (χ2v) is 8.76. The highest BCUT2D eigenvalue weighted by Gasteiger charge is 2.21. The van der Waals surface area contributed by atoms with Gasteiger partial charge in [0.1, 0.15) is 17.6 Å². The number of fused-ring (bicyclic) bond motifs is 3. The first-order chi connectivity index (χ1) is 16.9. The quantitative estimate of drug-likeness (QED) is 0.374. The monoisotopic (exact) mass is 487 g/mol. The average molecular weight is 488 g/mol. The number of nitrogens with one attached hydrogen (secondary N) is 1. The van der Waals surface area contributed by atoms with Gasteiger partial charge in [0.25, 0.3) is 5.56 Å². The molecule has 176 valence electrons. The number of aryl methyl sites for hydroxylation is 2. The van der Waals surface area contributed by atoms with Crippen LogP contribution in [0.15, 0.2) is 86.8 Å². The standard InChI is InChI=1S/C27H22ClN3O4/c1-17-11-12-19(15-21(17)28)29-23(32)16-31-24-20-9-5-6-10-22(20)35-25(24)26(33)30(27(31)34)14-13-18-7-3-2-4-8-18/h2-12,15H,13-14,16H2,1H3,(H,29,32). The zero-order chi connectivity index (χ0) is 24.5. The fourth-order valence-electron chi connectivity index (χ4n) is 4.14. The van der Waals surface area contributed by atoms with Gasteiger partial charge in [-0.25, -0.2) is 4.79 Å². The maximum absolute atomic E-state index is 13.5. The molecule has 0 aliphatic heterocycles. The SMILES string of the molecule is Cc1ccc(NC(=O)Cn2c(=O)n(CCc3ccccc3)c(=O)c3oc4ccccc4c32)cc1Cl. The molecule has 0 saturated heterocycles. The van der Waals surface area contributed by atoms with E-state index in [0.717, 1.165) is 15.7 Å². The molecule has 2 heterocycles. The molecule has 0 unspecified atom stereocenters. The third-order valence-corrected chi connectivity index (χ3v) is 6.37. The number of benzene rings is 3. The number of furan rings is 1. The van der Waals surface area contributed by atoms with Crippen LogP contribution in [0.1, 0.15) is 11.1 Å². The summed E-state index contributed by atoms with van der Waals surface area (Å²) in [4.78, 5) is 39.8. The van der Waals surface area contributed by atoms with Crippen LogP contribution in [0.5, 0.6) is 0 Å². The molecule has 2 aromatic heterocycles. The van der Waals surface area contributed by atoms with Gasteiger partial charge in [-0.3, -0.25) is 18.7 Å². The Bertz CT molecular complexity index is 1680. The van der Waals surface area contributed by atoms with Gasteiger partial charge in [-0.1, -0.05) is 60.1 Å². The van der Waals surface area contributed by atoms with Gasteiger partial charge in [-0.05, 0) is 48.7 Å². The lowest BCUT2D eigenvalue weighted by atomic mass is 10.1.